The van der Waals surface area contributed by atoms with Crippen molar-refractivity contribution in [2.75, 3.05) is 5.73 Å². The SMILES string of the molecule is C[C@@H](Oc1ncnc2c(S(=O)(=O)c3ccccc3)c(N)[nH]c12)c1ccccn1. The van der Waals surface area contributed by atoms with Crippen molar-refractivity contribution in [3.05, 3.63) is 66.7 Å². The van der Waals surface area contributed by atoms with Crippen LogP contribution in [0.2, 0.25) is 0 Å². The molecule has 4 rings (SSSR count). The summed E-state index contributed by atoms with van der Waals surface area (Å²) in [5.74, 6) is 0.180. The van der Waals surface area contributed by atoms with Crippen molar-refractivity contribution in [3.8, 4) is 5.88 Å². The zero-order valence-electron chi connectivity index (χ0n) is 14.9. The van der Waals surface area contributed by atoms with Crippen molar-refractivity contribution in [2.45, 2.75) is 22.8 Å². The normalized spacial score (nSPS) is 12.8. The summed E-state index contributed by atoms with van der Waals surface area (Å²) in [6, 6.07) is 13.6. The molecule has 1 aromatic carbocycles. The predicted molar refractivity (Wildman–Crippen MR) is 103 cm³/mol. The van der Waals surface area contributed by atoms with E-state index in [2.05, 4.69) is 19.9 Å². The molecule has 0 saturated carbocycles. The van der Waals surface area contributed by atoms with E-state index in [1.54, 1.807) is 24.4 Å². The van der Waals surface area contributed by atoms with Crippen LogP contribution >= 0.6 is 0 Å². The molecule has 0 amide bonds. The molecule has 1 atom stereocenters. The van der Waals surface area contributed by atoms with Gasteiger partial charge < -0.3 is 15.5 Å². The molecule has 0 aliphatic rings. The van der Waals surface area contributed by atoms with Crippen molar-refractivity contribution in [2.24, 2.45) is 0 Å². The van der Waals surface area contributed by atoms with E-state index in [0.717, 1.165) is 0 Å². The lowest BCUT2D eigenvalue weighted by atomic mass is 10.2. The first-order valence-corrected chi connectivity index (χ1v) is 9.96. The molecule has 8 nitrogen and oxygen atoms in total. The predicted octanol–water partition coefficient (Wildman–Crippen LogP) is 2.91. The molecule has 0 bridgehead atoms. The van der Waals surface area contributed by atoms with Gasteiger partial charge in [0.25, 0.3) is 0 Å². The lowest BCUT2D eigenvalue weighted by molar-refractivity contribution is 0.215. The number of sulfone groups is 1. The Morgan fingerprint density at radius 1 is 1.04 bits per heavy atom. The van der Waals surface area contributed by atoms with Crippen LogP contribution in [0.3, 0.4) is 0 Å². The Bertz CT molecular complexity index is 1220. The van der Waals surface area contributed by atoms with Gasteiger partial charge in [-0.3, -0.25) is 4.98 Å². The Hall–Kier alpha value is -3.46. The van der Waals surface area contributed by atoms with Gasteiger partial charge in [0.05, 0.1) is 10.6 Å². The van der Waals surface area contributed by atoms with Crippen LogP contribution in [-0.2, 0) is 9.84 Å². The third kappa shape index (κ3) is 3.05. The number of pyridine rings is 1. The number of hydrogen-bond acceptors (Lipinski definition) is 7. The van der Waals surface area contributed by atoms with E-state index in [0.29, 0.717) is 11.2 Å². The lowest BCUT2D eigenvalue weighted by Gasteiger charge is -2.13. The molecule has 28 heavy (non-hydrogen) atoms. The maximum Gasteiger partial charge on any atom is 0.242 e. The average molecular weight is 395 g/mol. The van der Waals surface area contributed by atoms with Crippen molar-refractivity contribution in [3.63, 3.8) is 0 Å². The van der Waals surface area contributed by atoms with Gasteiger partial charge in [-0.05, 0) is 31.2 Å². The molecule has 9 heteroatoms. The first kappa shape index (κ1) is 17.9. The molecule has 3 heterocycles. The van der Waals surface area contributed by atoms with Gasteiger partial charge in [0.1, 0.15) is 34.2 Å². The fraction of sp³-hybridized carbons (Fsp3) is 0.105. The summed E-state index contributed by atoms with van der Waals surface area (Å²) >= 11 is 0. The molecule has 3 N–H and O–H groups in total. The number of nitrogen functional groups attached to an aromatic ring is 1. The van der Waals surface area contributed by atoms with Gasteiger partial charge in [0.2, 0.25) is 15.7 Å². The number of hydrogen-bond donors (Lipinski definition) is 2. The minimum Gasteiger partial charge on any atom is -0.467 e. The van der Waals surface area contributed by atoms with E-state index in [4.69, 9.17) is 10.5 Å². The third-order valence-corrected chi connectivity index (χ3v) is 6.09. The van der Waals surface area contributed by atoms with Gasteiger partial charge in [-0.25, -0.2) is 13.4 Å². The van der Waals surface area contributed by atoms with Gasteiger partial charge in [0.15, 0.2) is 0 Å². The van der Waals surface area contributed by atoms with Gasteiger partial charge in [-0.1, -0.05) is 24.3 Å². The number of benzene rings is 1. The molecule has 142 valence electrons. The number of H-pyrrole nitrogens is 1. The van der Waals surface area contributed by atoms with Gasteiger partial charge in [-0.2, -0.15) is 4.98 Å². The summed E-state index contributed by atoms with van der Waals surface area (Å²) in [5.41, 5.74) is 7.23. The number of ether oxygens (including phenoxy) is 1. The van der Waals surface area contributed by atoms with Gasteiger partial charge in [-0.15, -0.1) is 0 Å². The first-order chi connectivity index (χ1) is 13.5. The van der Waals surface area contributed by atoms with Gasteiger partial charge >= 0.3 is 0 Å². The maximum absolute atomic E-state index is 13.1. The average Bonchev–Trinajstić information content (AvgIpc) is 3.07. The Kier molecular flexibility index (Phi) is 4.44. The molecule has 0 unspecified atom stereocenters. The van der Waals surface area contributed by atoms with Crippen LogP contribution < -0.4 is 10.5 Å². The second-order valence-electron chi connectivity index (χ2n) is 6.10. The third-order valence-electron chi connectivity index (χ3n) is 4.25. The van der Waals surface area contributed by atoms with Crippen LogP contribution in [0, 0.1) is 0 Å². The topological polar surface area (TPSA) is 124 Å². The summed E-state index contributed by atoms with van der Waals surface area (Å²) < 4.78 is 32.1. The van der Waals surface area contributed by atoms with Crippen molar-refractivity contribution in [1.82, 2.24) is 19.9 Å². The fourth-order valence-corrected chi connectivity index (χ4v) is 4.40. The molecule has 3 aromatic heterocycles. The number of rotatable bonds is 5. The number of fused-ring (bicyclic) bond motifs is 1. The zero-order valence-corrected chi connectivity index (χ0v) is 15.7. The van der Waals surface area contributed by atoms with E-state index < -0.39 is 15.9 Å². The Morgan fingerprint density at radius 2 is 1.79 bits per heavy atom. The van der Waals surface area contributed by atoms with Crippen LogP contribution in [0.1, 0.15) is 18.7 Å². The molecule has 0 saturated heterocycles. The van der Waals surface area contributed by atoms with E-state index in [9.17, 15) is 8.42 Å². The number of anilines is 1. The maximum atomic E-state index is 13.1. The second-order valence-corrected chi connectivity index (χ2v) is 7.99. The summed E-state index contributed by atoms with van der Waals surface area (Å²) in [7, 11) is -3.86. The van der Waals surface area contributed by atoms with Crippen molar-refractivity contribution >= 4 is 26.7 Å². The largest absolute Gasteiger partial charge is 0.467 e. The highest BCUT2D eigenvalue weighted by molar-refractivity contribution is 7.92. The number of nitrogens with two attached hydrogens (primary N) is 1. The minimum atomic E-state index is -3.86. The highest BCUT2D eigenvalue weighted by atomic mass is 32.2. The highest BCUT2D eigenvalue weighted by Gasteiger charge is 2.28. The highest BCUT2D eigenvalue weighted by Crippen LogP contribution is 2.35. The van der Waals surface area contributed by atoms with E-state index >= 15 is 0 Å². The molecule has 0 aliphatic heterocycles. The summed E-state index contributed by atoms with van der Waals surface area (Å²) in [5, 5.41) is 0. The van der Waals surface area contributed by atoms with Gasteiger partial charge in [0, 0.05) is 6.20 Å². The molecule has 4 aromatic rings. The summed E-state index contributed by atoms with van der Waals surface area (Å²) in [6.07, 6.45) is 2.51. The van der Waals surface area contributed by atoms with E-state index in [1.165, 1.54) is 18.5 Å². The quantitative estimate of drug-likeness (QED) is 0.532. The summed E-state index contributed by atoms with van der Waals surface area (Å²) in [4.78, 5) is 15.4. The van der Waals surface area contributed by atoms with Crippen LogP contribution in [0.25, 0.3) is 11.0 Å². The van der Waals surface area contributed by atoms with Crippen LogP contribution in [0.5, 0.6) is 5.88 Å². The molecule has 0 aliphatic carbocycles. The van der Waals surface area contributed by atoms with Crippen molar-refractivity contribution in [1.29, 1.82) is 0 Å². The molecular weight excluding hydrogens is 378 g/mol. The number of aromatic amines is 1. The summed E-state index contributed by atoms with van der Waals surface area (Å²) in [6.45, 7) is 1.82. The zero-order chi connectivity index (χ0) is 19.7. The fourth-order valence-electron chi connectivity index (χ4n) is 2.90. The van der Waals surface area contributed by atoms with Crippen LogP contribution in [0.4, 0.5) is 5.82 Å². The minimum absolute atomic E-state index is 0.0188. The van der Waals surface area contributed by atoms with Crippen LogP contribution in [-0.4, -0.2) is 28.4 Å². The number of aromatic nitrogens is 4. The Balaban J connectivity index is 1.80. The Labute approximate surface area is 161 Å². The Morgan fingerprint density at radius 3 is 2.50 bits per heavy atom. The van der Waals surface area contributed by atoms with E-state index in [-0.39, 0.29) is 27.0 Å². The first-order valence-electron chi connectivity index (χ1n) is 8.48. The smallest absolute Gasteiger partial charge is 0.242 e. The molecular formula is C19H17N5O3S. The standard InChI is InChI=1S/C19H17N5O3S/c1-12(14-9-5-6-10-21-14)27-19-16-15(22-11-23-19)17(18(20)24-16)28(25,26)13-7-3-2-4-8-13/h2-12,24H,20H2,1H3/t12-/m1/s1. The van der Waals surface area contributed by atoms with E-state index in [1.807, 2.05) is 25.1 Å². The van der Waals surface area contributed by atoms with Crippen molar-refractivity contribution < 1.29 is 13.2 Å². The monoisotopic (exact) mass is 395 g/mol. The number of nitrogens with zero attached hydrogens (tertiary/aromatic N) is 3. The second kappa shape index (κ2) is 6.93. The number of nitrogens with one attached hydrogen (secondary N) is 1. The molecule has 0 spiro atoms. The lowest BCUT2D eigenvalue weighted by Crippen LogP contribution is -2.07. The molecule has 0 radical (unpaired) electrons. The molecule has 0 fully saturated rings. The van der Waals surface area contributed by atoms with Crippen LogP contribution in [0.15, 0.2) is 70.8 Å².